The highest BCUT2D eigenvalue weighted by Crippen LogP contribution is 2.22. The molecule has 0 radical (unpaired) electrons. The Kier molecular flexibility index (Phi) is 3.59. The van der Waals surface area contributed by atoms with Crippen LogP contribution in [0, 0.1) is 11.6 Å². The summed E-state index contributed by atoms with van der Waals surface area (Å²) in [4.78, 5) is -0.628. The second-order valence-corrected chi connectivity index (χ2v) is 6.80. The highest BCUT2D eigenvalue weighted by atomic mass is 32.2. The van der Waals surface area contributed by atoms with E-state index < -0.39 is 31.9 Å². The van der Waals surface area contributed by atoms with Gasteiger partial charge in [0.1, 0.15) is 16.5 Å². The lowest BCUT2D eigenvalue weighted by molar-refractivity contribution is 0.483. The molecule has 3 nitrogen and oxygen atoms in total. The first-order valence-corrected chi connectivity index (χ1v) is 6.87. The molecule has 0 unspecified atom stereocenters. The summed E-state index contributed by atoms with van der Waals surface area (Å²) in [6.07, 6.45) is 0.890. The number of halogens is 2. The molecule has 0 amide bonds. The van der Waals surface area contributed by atoms with E-state index in [0.29, 0.717) is 6.07 Å². The van der Waals surface area contributed by atoms with Gasteiger partial charge in [-0.3, -0.25) is 0 Å². The minimum Gasteiger partial charge on any atom is -0.325 e. The standard InChI is InChI=1S/C11H15F2NO2S/c1-11(2,14)6-7-4-8(12)5-9(10(7)13)17(3,15)16/h4-5H,6,14H2,1-3H3. The Balaban J connectivity index is 3.40. The molecule has 1 rings (SSSR count). The summed E-state index contributed by atoms with van der Waals surface area (Å²) in [5, 5.41) is 0. The Morgan fingerprint density at radius 3 is 2.24 bits per heavy atom. The van der Waals surface area contributed by atoms with Crippen LogP contribution < -0.4 is 5.73 Å². The maximum absolute atomic E-state index is 13.9. The predicted octanol–water partition coefficient (Wildman–Crippen LogP) is 1.65. The number of hydrogen-bond acceptors (Lipinski definition) is 3. The van der Waals surface area contributed by atoms with Gasteiger partial charge in [0.25, 0.3) is 0 Å². The van der Waals surface area contributed by atoms with Crippen molar-refractivity contribution in [1.29, 1.82) is 0 Å². The molecule has 0 heterocycles. The lowest BCUT2D eigenvalue weighted by Gasteiger charge is -2.19. The minimum absolute atomic E-state index is 0.0297. The molecule has 0 atom stereocenters. The van der Waals surface area contributed by atoms with Crippen LogP contribution in [0.3, 0.4) is 0 Å². The molecule has 0 saturated heterocycles. The Bertz CT molecular complexity index is 533. The first-order valence-electron chi connectivity index (χ1n) is 4.97. The van der Waals surface area contributed by atoms with E-state index in [1.54, 1.807) is 13.8 Å². The summed E-state index contributed by atoms with van der Waals surface area (Å²) in [5.41, 5.74) is 4.93. The molecule has 0 spiro atoms. The van der Waals surface area contributed by atoms with Crippen LogP contribution in [-0.4, -0.2) is 20.2 Å². The summed E-state index contributed by atoms with van der Waals surface area (Å²) in [6.45, 7) is 3.30. The van der Waals surface area contributed by atoms with E-state index in [0.717, 1.165) is 12.3 Å². The average Bonchev–Trinajstić information content (AvgIpc) is 2.06. The molecule has 1 aromatic rings. The number of nitrogens with two attached hydrogens (primary N) is 1. The summed E-state index contributed by atoms with van der Waals surface area (Å²) < 4.78 is 49.7. The van der Waals surface area contributed by atoms with Gasteiger partial charge in [-0.1, -0.05) is 0 Å². The predicted molar refractivity (Wildman–Crippen MR) is 61.4 cm³/mol. The molecule has 6 heteroatoms. The van der Waals surface area contributed by atoms with Crippen molar-refractivity contribution in [2.24, 2.45) is 5.73 Å². The van der Waals surface area contributed by atoms with Gasteiger partial charge >= 0.3 is 0 Å². The molecular weight excluding hydrogens is 248 g/mol. The largest absolute Gasteiger partial charge is 0.325 e. The Morgan fingerprint density at radius 2 is 1.82 bits per heavy atom. The van der Waals surface area contributed by atoms with Crippen LogP contribution in [0.4, 0.5) is 8.78 Å². The molecule has 17 heavy (non-hydrogen) atoms. The monoisotopic (exact) mass is 263 g/mol. The number of sulfone groups is 1. The summed E-state index contributed by atoms with van der Waals surface area (Å²) >= 11 is 0. The lowest BCUT2D eigenvalue weighted by atomic mass is 9.96. The van der Waals surface area contributed by atoms with Crippen molar-refractivity contribution in [2.75, 3.05) is 6.26 Å². The van der Waals surface area contributed by atoms with Gasteiger partial charge in [0.05, 0.1) is 0 Å². The molecular formula is C11H15F2NO2S. The van der Waals surface area contributed by atoms with Crippen LogP contribution >= 0.6 is 0 Å². The molecule has 2 N–H and O–H groups in total. The molecule has 0 aliphatic heterocycles. The summed E-state index contributed by atoms with van der Waals surface area (Å²) in [5.74, 6) is -1.71. The van der Waals surface area contributed by atoms with E-state index in [1.165, 1.54) is 0 Å². The maximum Gasteiger partial charge on any atom is 0.178 e. The molecule has 0 bridgehead atoms. The number of hydrogen-bond donors (Lipinski definition) is 1. The van der Waals surface area contributed by atoms with E-state index in [1.807, 2.05) is 0 Å². The third-order valence-electron chi connectivity index (χ3n) is 2.12. The van der Waals surface area contributed by atoms with Gasteiger partial charge in [0, 0.05) is 11.8 Å². The van der Waals surface area contributed by atoms with E-state index in [-0.39, 0.29) is 12.0 Å². The van der Waals surface area contributed by atoms with E-state index in [2.05, 4.69) is 0 Å². The minimum atomic E-state index is -3.79. The third-order valence-corrected chi connectivity index (χ3v) is 3.22. The summed E-state index contributed by atoms with van der Waals surface area (Å²) in [6, 6.07) is 1.65. The van der Waals surface area contributed by atoms with Gasteiger partial charge < -0.3 is 5.73 Å². The van der Waals surface area contributed by atoms with Crippen LogP contribution in [0.15, 0.2) is 17.0 Å². The van der Waals surface area contributed by atoms with Crippen molar-refractivity contribution in [1.82, 2.24) is 0 Å². The molecule has 0 aliphatic carbocycles. The fourth-order valence-electron chi connectivity index (χ4n) is 1.51. The van der Waals surface area contributed by atoms with Crippen molar-refractivity contribution < 1.29 is 17.2 Å². The molecule has 0 fully saturated rings. The van der Waals surface area contributed by atoms with E-state index in [4.69, 9.17) is 5.73 Å². The van der Waals surface area contributed by atoms with Crippen LogP contribution in [0.5, 0.6) is 0 Å². The van der Waals surface area contributed by atoms with E-state index in [9.17, 15) is 17.2 Å². The fraction of sp³-hybridized carbons (Fsp3) is 0.455. The highest BCUT2D eigenvalue weighted by molar-refractivity contribution is 7.90. The van der Waals surface area contributed by atoms with E-state index >= 15 is 0 Å². The SMILES string of the molecule is CC(C)(N)Cc1cc(F)cc(S(C)(=O)=O)c1F. The second kappa shape index (κ2) is 4.34. The first kappa shape index (κ1) is 14.1. The second-order valence-electron chi connectivity index (χ2n) is 4.81. The van der Waals surface area contributed by atoms with Gasteiger partial charge in [0.2, 0.25) is 0 Å². The first-order chi connectivity index (χ1) is 7.50. The van der Waals surface area contributed by atoms with Gasteiger partial charge in [-0.15, -0.1) is 0 Å². The molecule has 0 aliphatic rings. The topological polar surface area (TPSA) is 60.2 Å². The van der Waals surface area contributed by atoms with Crippen molar-refractivity contribution >= 4 is 9.84 Å². The molecule has 0 aromatic heterocycles. The zero-order chi connectivity index (χ0) is 13.4. The number of rotatable bonds is 3. The van der Waals surface area contributed by atoms with Crippen LogP contribution in [0.2, 0.25) is 0 Å². The van der Waals surface area contributed by atoms with Crippen molar-refractivity contribution in [3.05, 3.63) is 29.3 Å². The fourth-order valence-corrected chi connectivity index (χ4v) is 2.29. The van der Waals surface area contributed by atoms with Crippen molar-refractivity contribution in [3.63, 3.8) is 0 Å². The zero-order valence-electron chi connectivity index (χ0n) is 9.92. The van der Waals surface area contributed by atoms with Crippen molar-refractivity contribution in [3.8, 4) is 0 Å². The van der Waals surface area contributed by atoms with Gasteiger partial charge in [0.15, 0.2) is 9.84 Å². The van der Waals surface area contributed by atoms with Crippen LogP contribution in [-0.2, 0) is 16.3 Å². The third kappa shape index (κ3) is 3.74. The average molecular weight is 263 g/mol. The van der Waals surface area contributed by atoms with Crippen LogP contribution in [0.1, 0.15) is 19.4 Å². The normalized spacial score (nSPS) is 12.8. The Morgan fingerprint density at radius 1 is 1.29 bits per heavy atom. The number of benzene rings is 1. The zero-order valence-corrected chi connectivity index (χ0v) is 10.7. The van der Waals surface area contributed by atoms with Crippen LogP contribution in [0.25, 0.3) is 0 Å². The van der Waals surface area contributed by atoms with Gasteiger partial charge in [-0.05, 0) is 38.0 Å². The molecule has 96 valence electrons. The van der Waals surface area contributed by atoms with Crippen molar-refractivity contribution in [2.45, 2.75) is 30.7 Å². The smallest absolute Gasteiger partial charge is 0.178 e. The molecule has 1 aromatic carbocycles. The highest BCUT2D eigenvalue weighted by Gasteiger charge is 2.22. The summed E-state index contributed by atoms with van der Waals surface area (Å²) in [7, 11) is -3.79. The Labute approximate surface area is 99.6 Å². The maximum atomic E-state index is 13.9. The van der Waals surface area contributed by atoms with Gasteiger partial charge in [-0.2, -0.15) is 0 Å². The lowest BCUT2D eigenvalue weighted by Crippen LogP contribution is -2.35. The molecule has 0 saturated carbocycles. The Hall–Kier alpha value is -1.01. The quantitative estimate of drug-likeness (QED) is 0.902. The van der Waals surface area contributed by atoms with Gasteiger partial charge in [-0.25, -0.2) is 17.2 Å².